The molecule has 0 unspecified atom stereocenters. The minimum absolute atomic E-state index is 0. The van der Waals surface area contributed by atoms with Gasteiger partial charge in [0.25, 0.3) is 0 Å². The molecule has 0 aromatic rings. The fourth-order valence-corrected chi connectivity index (χ4v) is 11.4. The number of alkyl halides is 2. The summed E-state index contributed by atoms with van der Waals surface area (Å²) in [5.74, 6) is -0.532. The van der Waals surface area contributed by atoms with Crippen LogP contribution in [0.5, 0.6) is 0 Å². The molecule has 488 valence electrons. The van der Waals surface area contributed by atoms with Crippen LogP contribution in [-0.2, 0) is 418 Å². The van der Waals surface area contributed by atoms with Crippen LogP contribution in [0.1, 0.15) is 8.29 Å². The summed E-state index contributed by atoms with van der Waals surface area (Å²) < 4.78 is 84.6. The Morgan fingerprint density at radius 2 is 0.921 bits per heavy atom. The van der Waals surface area contributed by atoms with Crippen LogP contribution in [0.4, 0.5) is 9.18 Å². The molecule has 1 fully saturated rings. The molecule has 0 aromatic heterocycles. The summed E-state index contributed by atoms with van der Waals surface area (Å²) in [7, 11) is 2.99. The average Bonchev–Trinajstić information content (AvgIpc) is 3.89. The predicted octanol–water partition coefficient (Wildman–Crippen LogP) is -5.55. The Kier molecular flexibility index (Phi) is 115. The molecule has 5 rings (SSSR count). The maximum absolute atomic E-state index is 9.96. The van der Waals surface area contributed by atoms with Gasteiger partial charge in [0, 0.05) is 0 Å². The molecule has 0 amide bonds. The number of halogens is 2. The number of aliphatic imine (C=N–C) groups is 4. The molecule has 0 spiro atoms. The van der Waals surface area contributed by atoms with Crippen molar-refractivity contribution in [2.75, 3.05) is 72.6 Å². The largest absolute Gasteiger partial charge is 1.00 e. The van der Waals surface area contributed by atoms with Gasteiger partial charge in [-0.1, -0.05) is 0 Å². The van der Waals surface area contributed by atoms with E-state index in [1.54, 1.807) is 54.0 Å². The van der Waals surface area contributed by atoms with Crippen molar-refractivity contribution in [3.8, 4) is 0 Å². The Bertz CT molecular complexity index is 2450. The van der Waals surface area contributed by atoms with Crippen LogP contribution >= 0.6 is 70.9 Å². The summed E-state index contributed by atoms with van der Waals surface area (Å²) in [4.78, 5) is 58.7. The summed E-state index contributed by atoms with van der Waals surface area (Å²) in [5.41, 5.74) is 5.12. The van der Waals surface area contributed by atoms with Gasteiger partial charge in [-0.25, -0.2) is 0 Å². The van der Waals surface area contributed by atoms with Crippen molar-refractivity contribution in [1.82, 2.24) is 5.32 Å². The summed E-state index contributed by atoms with van der Waals surface area (Å²) in [6, 6.07) is 0. The van der Waals surface area contributed by atoms with E-state index in [0.29, 0.717) is 25.8 Å². The normalized spacial score (nSPS) is 12.1. The summed E-state index contributed by atoms with van der Waals surface area (Å²) in [6.45, 7) is 8.18. The first-order valence-corrected chi connectivity index (χ1v) is 52.1. The van der Waals surface area contributed by atoms with Crippen LogP contribution in [0.2, 0.25) is 0 Å². The monoisotopic (exact) mass is 4450 g/mol. The van der Waals surface area contributed by atoms with Gasteiger partial charge in [0.1, 0.15) is 0 Å². The molecule has 5 heterocycles. The average molecular weight is 4450 g/mol. The van der Waals surface area contributed by atoms with Crippen LogP contribution in [-0.4, -0.2) is 207 Å². The second-order valence-electron chi connectivity index (χ2n) is 10.2. The van der Waals surface area contributed by atoms with Gasteiger partial charge in [0.15, 0.2) is 5.30 Å². The third-order valence-electron chi connectivity index (χ3n) is 4.92. The first kappa shape index (κ1) is 116. The number of ether oxygens (including phenoxy) is 9. The fraction of sp³-hybridized carbons (Fsp3) is 0.300. The van der Waals surface area contributed by atoms with Crippen molar-refractivity contribution >= 4 is 208 Å². The van der Waals surface area contributed by atoms with Gasteiger partial charge in [-0.05, 0) is 6.92 Å². The van der Waals surface area contributed by atoms with Crippen molar-refractivity contribution < 1.29 is 478 Å². The zero-order valence-electron chi connectivity index (χ0n) is 46.9. The number of nitrogens with one attached hydrogen (secondary N) is 1. The third kappa shape index (κ3) is 88.7. The van der Waals surface area contributed by atoms with Crippen molar-refractivity contribution in [2.24, 2.45) is 25.7 Å². The molecule has 49 heteroatoms. The minimum Gasteiger partial charge on any atom is 1.00 e. The topological polar surface area (TPSA) is 284 Å². The van der Waals surface area contributed by atoms with E-state index in [1.165, 1.54) is 254 Å². The second-order valence-corrected chi connectivity index (χ2v) is 35.7. The smallest absolute Gasteiger partial charge is 1.00 e. The van der Waals surface area contributed by atoms with Gasteiger partial charge in [0.05, 0.1) is 15.1 Å². The number of hydrogen-bond acceptors (Lipinski definition) is 26. The van der Waals surface area contributed by atoms with Gasteiger partial charge in [0.2, 0.25) is 0 Å². The number of aliphatic hydroxyl groups is 2. The van der Waals surface area contributed by atoms with E-state index in [1.807, 2.05) is 25.0 Å². The molecule has 1 saturated heterocycles. The van der Waals surface area contributed by atoms with Crippen molar-refractivity contribution in [3.05, 3.63) is 11.4 Å². The number of nitrogens with two attached hydrogens (primary N) is 1. The summed E-state index contributed by atoms with van der Waals surface area (Å²) in [5, 5.41) is 22.2. The molecular weight excluding hydrogens is 4410 g/mol. The van der Waals surface area contributed by atoms with E-state index in [4.69, 9.17) is 71.4 Å². The number of hydrogen-bond donors (Lipinski definition) is 4. The Hall–Kier alpha value is 8.35. The number of rotatable bonds is 7. The van der Waals surface area contributed by atoms with Crippen molar-refractivity contribution in [1.29, 1.82) is 0 Å². The Morgan fingerprint density at radius 3 is 0.955 bits per heavy atom. The third-order valence-corrected chi connectivity index (χ3v) is 34.8. The van der Waals surface area contributed by atoms with Crippen LogP contribution in [0.3, 0.4) is 0 Å². The number of nitrogens with zero attached hydrogens (tertiary/aromatic N) is 5. The van der Waals surface area contributed by atoms with Gasteiger partial charge in [-0.15, -0.1) is 0 Å². The van der Waals surface area contributed by atoms with Gasteiger partial charge in [-0.2, -0.15) is 0 Å². The number of carbonyl (C=O) groups excluding carboxylic acids is 4. The summed E-state index contributed by atoms with van der Waals surface area (Å²) >= 11 is 42.6. The zero-order chi connectivity index (χ0) is 71.6. The standard InChI is InChI=1S/4C4H3NOS.C3HNOS.C3H6O2S.3C3H3O2.C2H2Cl.C2H3NO.C2N.C2H3O.CH3F.K.18W/c4*1-7-4-5-2-3-6-4;6-3-4-1-2-5-3;1-2-5-3(4)6;3*1-3(4)5-2;1-2-3;3-1-2-4;1-3-2;1-2-3;1-2;;;;;;;;;;;;;;;;;;;/h4*1H3;(H,4,6);2H2,1H3,(H,4,6);3*2H3;2H2;4H,3H2;;3H,2H2;1H3;;;;;;;;;;;;;;;;;;;/q;;;;;;4*-1;;2*-1;;+1;;;;;;;;;;;;;;;;;;/p-1/i;;;;;;;;;;;;;1D;;;;;;;;;;;;;;;;;;;. The SMILES string of the molecule is CCOC(=O)[S-].COC(=O)[C-]=[W].COC(=O)[C-]=[W].COC(=O)[C-]=[W].CSC1=N[C](=[W])[C](=[W])O1.CSC1=N[C](=[W])[C](=[W])O1.CSC1=N[C](=[W])[C](=[W])O1.CSC1=N[C](=[W])[C](=[W])O1.ClC[C-]=[W].N[C](=[W])[C](O)=[W].OC[C-]=[W].S=C1N[C](=[W])[C](=[W])O1.[2H]CF.[C-]#[N+][C-]=[W].[K+]. The molecule has 22 nitrogen and oxygen atoms in total. The number of aliphatic hydroxyl groups excluding tert-OH is 2. The van der Waals surface area contributed by atoms with Crippen molar-refractivity contribution in [3.63, 3.8) is 0 Å². The van der Waals surface area contributed by atoms with E-state index in [-0.39, 0.29) is 75.9 Å². The maximum Gasteiger partial charge on any atom is 1.00 e. The molecule has 0 aromatic carbocycles. The van der Waals surface area contributed by atoms with E-state index in [9.17, 15) is 23.6 Å². The molecule has 5 aliphatic heterocycles. The number of carbonyl (C=O) groups is 4. The second kappa shape index (κ2) is 88.7. The summed E-state index contributed by atoms with van der Waals surface area (Å²) in [6.07, 6.45) is 7.87. The quantitative estimate of drug-likeness (QED) is 0.0352. The van der Waals surface area contributed by atoms with E-state index in [0.717, 1.165) is 178 Å². The van der Waals surface area contributed by atoms with Gasteiger partial charge >= 0.3 is 754 Å². The number of esters is 3. The van der Waals surface area contributed by atoms with E-state index in [2.05, 4.69) is 88.2 Å². The molecule has 5 N–H and O–H groups in total. The van der Waals surface area contributed by atoms with Crippen LogP contribution in [0.25, 0.3) is 4.85 Å². The Morgan fingerprint density at radius 1 is 0.685 bits per heavy atom. The number of thioether (sulfide) groups is 4. The van der Waals surface area contributed by atoms with Crippen LogP contribution in [0.15, 0.2) is 20.0 Å². The van der Waals surface area contributed by atoms with Crippen LogP contribution in [0, 0.1) is 6.57 Å². The van der Waals surface area contributed by atoms with Gasteiger partial charge in [-0.3, -0.25) is 9.18 Å². The van der Waals surface area contributed by atoms with Gasteiger partial charge < -0.3 is 17.4 Å². The number of methoxy groups -OCH3 is 3. The minimum atomic E-state index is -1.00. The molecule has 0 atom stereocenters. The Balaban J connectivity index is -0.0000000967. The molecule has 5 aliphatic rings. The molecule has 0 radical (unpaired) electrons. The molecule has 0 aliphatic carbocycles. The van der Waals surface area contributed by atoms with E-state index < -0.39 is 12.5 Å². The first-order chi connectivity index (χ1) is 41.6. The Labute approximate surface area is 790 Å². The fourth-order valence-electron chi connectivity index (χ4n) is 1.99. The predicted molar refractivity (Wildman–Crippen MR) is 293 cm³/mol. The maximum atomic E-state index is 9.96. The molecule has 0 bridgehead atoms. The number of thiocarbonyl (C=S) groups is 1. The van der Waals surface area contributed by atoms with Crippen molar-refractivity contribution in [2.45, 2.75) is 6.92 Å². The first-order valence-electron chi connectivity index (χ1n) is 20.2. The van der Waals surface area contributed by atoms with Crippen LogP contribution < -0.4 is 62.4 Å². The zero-order valence-corrected chi connectivity index (χ0v) is 107. The van der Waals surface area contributed by atoms with E-state index >= 15 is 0 Å². The molecule has 89 heavy (non-hydrogen) atoms. The molecular formula is C40H38ClFKN7O15S6W18-6. The molecule has 0 saturated carbocycles.